The number of nitrogens with zero attached hydrogens (tertiary/aromatic N) is 3. The lowest BCUT2D eigenvalue weighted by Crippen LogP contribution is -2.35. The Balaban J connectivity index is 1.62. The fourth-order valence-electron chi connectivity index (χ4n) is 3.73. The van der Waals surface area contributed by atoms with Crippen molar-refractivity contribution in [3.05, 3.63) is 63.8 Å². The summed E-state index contributed by atoms with van der Waals surface area (Å²) >= 11 is 0. The fraction of sp³-hybridized carbons (Fsp3) is 0.318. The second-order valence-electron chi connectivity index (χ2n) is 7.06. The Morgan fingerprint density at radius 1 is 1.10 bits per heavy atom. The maximum atomic E-state index is 12.6. The molecule has 0 spiro atoms. The van der Waals surface area contributed by atoms with Gasteiger partial charge in [-0.1, -0.05) is 0 Å². The van der Waals surface area contributed by atoms with Crippen LogP contribution in [-0.4, -0.2) is 47.7 Å². The lowest BCUT2D eigenvalue weighted by atomic mass is 10.0. The molecule has 4 rings (SSSR count). The quantitative estimate of drug-likeness (QED) is 0.670. The number of hydrogen-bond donors (Lipinski definition) is 1. The van der Waals surface area contributed by atoms with Crippen molar-refractivity contribution >= 4 is 0 Å². The van der Waals surface area contributed by atoms with E-state index >= 15 is 0 Å². The zero-order chi connectivity index (χ0) is 21.1. The van der Waals surface area contributed by atoms with Crippen molar-refractivity contribution in [1.29, 1.82) is 0 Å². The number of pyridine rings is 1. The minimum atomic E-state index is -0.0813. The number of benzene rings is 1. The number of nitrogens with one attached hydrogen (secondary N) is 1. The van der Waals surface area contributed by atoms with Gasteiger partial charge in [0.2, 0.25) is 0 Å². The number of methoxy groups -OCH3 is 3. The van der Waals surface area contributed by atoms with Crippen LogP contribution in [0, 0.1) is 0 Å². The van der Waals surface area contributed by atoms with Crippen molar-refractivity contribution < 1.29 is 14.2 Å². The topological polar surface area (TPSA) is 89.6 Å². The van der Waals surface area contributed by atoms with E-state index in [-0.39, 0.29) is 5.56 Å². The SMILES string of the molecule is COc1cc(OC)c(OC)cc1CN1CCc2c(nc(-c3cccnc3)[nH]c2=O)C1. The first kappa shape index (κ1) is 19.9. The van der Waals surface area contributed by atoms with E-state index in [1.54, 1.807) is 33.7 Å². The van der Waals surface area contributed by atoms with Gasteiger partial charge >= 0.3 is 0 Å². The third-order valence-electron chi connectivity index (χ3n) is 5.27. The van der Waals surface area contributed by atoms with Crippen LogP contribution in [0.15, 0.2) is 41.5 Å². The summed E-state index contributed by atoms with van der Waals surface area (Å²) in [4.78, 5) is 26.6. The van der Waals surface area contributed by atoms with Crippen LogP contribution in [0.4, 0.5) is 0 Å². The molecule has 0 aliphatic carbocycles. The molecule has 1 aromatic carbocycles. The van der Waals surface area contributed by atoms with E-state index in [9.17, 15) is 4.79 Å². The molecule has 8 heteroatoms. The van der Waals surface area contributed by atoms with Crippen LogP contribution in [0.25, 0.3) is 11.4 Å². The van der Waals surface area contributed by atoms with Crippen molar-refractivity contribution in [3.8, 4) is 28.6 Å². The number of rotatable bonds is 6. The Bertz CT molecular complexity index is 1100. The van der Waals surface area contributed by atoms with Crippen LogP contribution in [0.3, 0.4) is 0 Å². The zero-order valence-corrected chi connectivity index (χ0v) is 17.3. The Hall–Kier alpha value is -3.39. The molecule has 0 unspecified atom stereocenters. The van der Waals surface area contributed by atoms with Gasteiger partial charge in [0.15, 0.2) is 11.5 Å². The molecule has 156 valence electrons. The average Bonchev–Trinajstić information content (AvgIpc) is 2.79. The molecular formula is C22H24N4O4. The van der Waals surface area contributed by atoms with Gasteiger partial charge < -0.3 is 19.2 Å². The molecule has 0 bridgehead atoms. The highest BCUT2D eigenvalue weighted by Crippen LogP contribution is 2.35. The summed E-state index contributed by atoms with van der Waals surface area (Å²) in [6.45, 7) is 1.96. The summed E-state index contributed by atoms with van der Waals surface area (Å²) in [7, 11) is 4.85. The van der Waals surface area contributed by atoms with Gasteiger partial charge in [-0.25, -0.2) is 4.98 Å². The largest absolute Gasteiger partial charge is 0.496 e. The van der Waals surface area contributed by atoms with Gasteiger partial charge in [-0.3, -0.25) is 14.7 Å². The van der Waals surface area contributed by atoms with E-state index in [0.29, 0.717) is 36.8 Å². The monoisotopic (exact) mass is 408 g/mol. The van der Waals surface area contributed by atoms with Crippen LogP contribution in [0.1, 0.15) is 16.8 Å². The molecule has 3 aromatic rings. The summed E-state index contributed by atoms with van der Waals surface area (Å²) in [5.74, 6) is 2.54. The van der Waals surface area contributed by atoms with Crippen LogP contribution < -0.4 is 19.8 Å². The molecule has 0 saturated carbocycles. The van der Waals surface area contributed by atoms with Gasteiger partial charge in [0.1, 0.15) is 11.6 Å². The first-order chi connectivity index (χ1) is 14.6. The van der Waals surface area contributed by atoms with Crippen LogP contribution >= 0.6 is 0 Å². The molecule has 3 heterocycles. The second-order valence-corrected chi connectivity index (χ2v) is 7.06. The normalized spacial score (nSPS) is 13.6. The van der Waals surface area contributed by atoms with Gasteiger partial charge in [-0.2, -0.15) is 0 Å². The highest BCUT2D eigenvalue weighted by molar-refractivity contribution is 5.53. The summed E-state index contributed by atoms with van der Waals surface area (Å²) in [5.41, 5.74) is 3.23. The predicted molar refractivity (Wildman–Crippen MR) is 112 cm³/mol. The molecule has 30 heavy (non-hydrogen) atoms. The fourth-order valence-corrected chi connectivity index (χ4v) is 3.73. The Morgan fingerprint density at radius 2 is 1.87 bits per heavy atom. The van der Waals surface area contributed by atoms with Crippen LogP contribution in [0.5, 0.6) is 17.2 Å². The van der Waals surface area contributed by atoms with Crippen molar-refractivity contribution in [2.75, 3.05) is 27.9 Å². The molecule has 1 aliphatic rings. The van der Waals surface area contributed by atoms with Gasteiger partial charge in [-0.05, 0) is 24.6 Å². The highest BCUT2D eigenvalue weighted by Gasteiger charge is 2.23. The molecule has 8 nitrogen and oxygen atoms in total. The summed E-state index contributed by atoms with van der Waals surface area (Å²) in [6.07, 6.45) is 4.03. The molecule has 0 saturated heterocycles. The van der Waals surface area contributed by atoms with Gasteiger partial charge in [0, 0.05) is 54.8 Å². The lowest BCUT2D eigenvalue weighted by molar-refractivity contribution is 0.236. The first-order valence-corrected chi connectivity index (χ1v) is 9.66. The summed E-state index contributed by atoms with van der Waals surface area (Å²) in [5, 5.41) is 0. The van der Waals surface area contributed by atoms with Crippen molar-refractivity contribution in [1.82, 2.24) is 19.9 Å². The zero-order valence-electron chi connectivity index (χ0n) is 17.3. The number of aromatic nitrogens is 3. The molecular weight excluding hydrogens is 384 g/mol. The van der Waals surface area contributed by atoms with Crippen LogP contribution in [-0.2, 0) is 19.5 Å². The van der Waals surface area contributed by atoms with E-state index in [1.807, 2.05) is 24.3 Å². The molecule has 2 aromatic heterocycles. The maximum Gasteiger partial charge on any atom is 0.254 e. The van der Waals surface area contributed by atoms with E-state index in [0.717, 1.165) is 34.7 Å². The lowest BCUT2D eigenvalue weighted by Gasteiger charge is -2.28. The van der Waals surface area contributed by atoms with Gasteiger partial charge in [0.25, 0.3) is 5.56 Å². The summed E-state index contributed by atoms with van der Waals surface area (Å²) in [6, 6.07) is 7.46. The summed E-state index contributed by atoms with van der Waals surface area (Å²) < 4.78 is 16.4. The molecule has 0 fully saturated rings. The second kappa shape index (κ2) is 8.54. The average molecular weight is 408 g/mol. The smallest absolute Gasteiger partial charge is 0.254 e. The minimum Gasteiger partial charge on any atom is -0.496 e. The maximum absolute atomic E-state index is 12.6. The number of aromatic amines is 1. The third kappa shape index (κ3) is 3.86. The van der Waals surface area contributed by atoms with E-state index < -0.39 is 0 Å². The van der Waals surface area contributed by atoms with Gasteiger partial charge in [0.05, 0.1) is 27.0 Å². The Morgan fingerprint density at radius 3 is 2.57 bits per heavy atom. The van der Waals surface area contributed by atoms with Gasteiger partial charge in [-0.15, -0.1) is 0 Å². The first-order valence-electron chi connectivity index (χ1n) is 9.66. The number of fused-ring (bicyclic) bond motifs is 1. The standard InChI is InChI=1S/C22H24N4O4/c1-28-18-10-20(30-3)19(29-2)9-15(18)12-26-8-6-16-17(13-26)24-21(25-22(16)27)14-5-4-7-23-11-14/h4-5,7,9-11H,6,8,12-13H2,1-3H3,(H,24,25,27). The van der Waals surface area contributed by atoms with Crippen molar-refractivity contribution in [3.63, 3.8) is 0 Å². The van der Waals surface area contributed by atoms with E-state index in [2.05, 4.69) is 14.9 Å². The molecule has 1 N–H and O–H groups in total. The third-order valence-corrected chi connectivity index (χ3v) is 5.27. The Labute approximate surface area is 174 Å². The highest BCUT2D eigenvalue weighted by atomic mass is 16.5. The molecule has 1 aliphatic heterocycles. The minimum absolute atomic E-state index is 0.0813. The van der Waals surface area contributed by atoms with Crippen molar-refractivity contribution in [2.24, 2.45) is 0 Å². The van der Waals surface area contributed by atoms with Crippen LogP contribution in [0.2, 0.25) is 0 Å². The van der Waals surface area contributed by atoms with Crippen molar-refractivity contribution in [2.45, 2.75) is 19.5 Å². The molecule has 0 amide bonds. The van der Waals surface area contributed by atoms with E-state index in [4.69, 9.17) is 19.2 Å². The Kier molecular flexibility index (Phi) is 5.67. The molecule has 0 atom stereocenters. The number of ether oxygens (including phenoxy) is 3. The number of hydrogen-bond acceptors (Lipinski definition) is 7. The predicted octanol–water partition coefficient (Wildman–Crippen LogP) is 2.42. The molecule has 0 radical (unpaired) electrons. The van der Waals surface area contributed by atoms with E-state index in [1.165, 1.54) is 0 Å². The number of H-pyrrole nitrogens is 1.